The van der Waals surface area contributed by atoms with E-state index in [0.29, 0.717) is 0 Å². The summed E-state index contributed by atoms with van der Waals surface area (Å²) in [4.78, 5) is 0. The van der Waals surface area contributed by atoms with Crippen LogP contribution in [0.25, 0.3) is 0 Å². The molecule has 0 nitrogen and oxygen atoms in total. The second-order valence-electron chi connectivity index (χ2n) is 1.72. The van der Waals surface area contributed by atoms with Crippen molar-refractivity contribution in [3.63, 3.8) is 0 Å². The molecule has 0 fully saturated rings. The molecule has 0 aromatic carbocycles. The van der Waals surface area contributed by atoms with E-state index < -0.39 is 0 Å². The Morgan fingerprint density at radius 3 is 2.25 bits per heavy atom. The molecule has 0 bridgehead atoms. The molecule has 0 aliphatic carbocycles. The van der Waals surface area contributed by atoms with Crippen molar-refractivity contribution in [3.05, 3.63) is 22.7 Å². The number of hydrogen-bond acceptors (Lipinski definition) is 0. The van der Waals surface area contributed by atoms with Crippen molar-refractivity contribution in [2.45, 2.75) is 13.8 Å². The molecular weight excluding hydrogens is 194 g/mol. The fourth-order valence-corrected chi connectivity index (χ4v) is 1.36. The Kier molecular flexibility index (Phi) is 3.95. The fourth-order valence-electron chi connectivity index (χ4n) is 0.584. The van der Waals surface area contributed by atoms with Crippen molar-refractivity contribution in [1.82, 2.24) is 0 Å². The number of hydrogen-bond donors (Lipinski definition) is 0. The summed E-state index contributed by atoms with van der Waals surface area (Å²) in [7, 11) is 0.906. The first kappa shape index (κ1) is 8.66. The van der Waals surface area contributed by atoms with Gasteiger partial charge in [-0.2, -0.15) is 5.80 Å². The average molecular weight is 202 g/mol. The van der Waals surface area contributed by atoms with E-state index in [4.69, 9.17) is 0 Å². The standard InChI is InChI=1S/C6H8P.Zr/c1-5-3-6(2)7-4-5;/h4,7H,1-2H3;/q-1;. The van der Waals surface area contributed by atoms with Gasteiger partial charge in [-0.1, -0.05) is 13.8 Å². The Morgan fingerprint density at radius 2 is 2.12 bits per heavy atom. The molecule has 0 amide bonds. The molecule has 0 spiro atoms. The molecule has 0 saturated carbocycles. The molecule has 0 N–H and O–H groups in total. The second kappa shape index (κ2) is 3.64. The summed E-state index contributed by atoms with van der Waals surface area (Å²) >= 11 is 0. The van der Waals surface area contributed by atoms with E-state index in [1.165, 1.54) is 10.9 Å². The summed E-state index contributed by atoms with van der Waals surface area (Å²) in [5.41, 5.74) is 1.30. The summed E-state index contributed by atoms with van der Waals surface area (Å²) in [5, 5.41) is 1.39. The predicted molar refractivity (Wildman–Crippen MR) is 34.3 cm³/mol. The number of aryl methyl sites for hydroxylation is 2. The Bertz CT molecular complexity index is 141. The second-order valence-corrected chi connectivity index (χ2v) is 3.05. The van der Waals surface area contributed by atoms with E-state index >= 15 is 0 Å². The zero-order chi connectivity index (χ0) is 5.28. The minimum Gasteiger partial charge on any atom is -0.242 e. The zero-order valence-corrected chi connectivity index (χ0v) is 8.54. The third kappa shape index (κ3) is 2.29. The quantitative estimate of drug-likeness (QED) is 0.565. The van der Waals surface area contributed by atoms with E-state index in [1.54, 1.807) is 0 Å². The van der Waals surface area contributed by atoms with Crippen molar-refractivity contribution in [1.29, 1.82) is 0 Å². The van der Waals surface area contributed by atoms with Crippen LogP contribution in [-0.4, -0.2) is 0 Å². The average Bonchev–Trinajstić information content (AvgIpc) is 1.87. The Balaban J connectivity index is 0.000000490. The summed E-state index contributed by atoms with van der Waals surface area (Å²) < 4.78 is 0. The summed E-state index contributed by atoms with van der Waals surface area (Å²) in [5.74, 6) is 2.22. The van der Waals surface area contributed by atoms with Gasteiger partial charge in [0.05, 0.1) is 0 Å². The van der Waals surface area contributed by atoms with Crippen LogP contribution in [-0.2, 0) is 26.2 Å². The van der Waals surface area contributed by atoms with Gasteiger partial charge in [0.1, 0.15) is 0 Å². The van der Waals surface area contributed by atoms with Gasteiger partial charge in [-0.3, -0.25) is 0 Å². The molecule has 1 aromatic heterocycles. The Hall–Kier alpha value is 0.663. The van der Waals surface area contributed by atoms with Crippen LogP contribution in [0.1, 0.15) is 10.9 Å². The summed E-state index contributed by atoms with van der Waals surface area (Å²) in [6, 6.07) is 3.21. The third-order valence-electron chi connectivity index (χ3n) is 0.890. The van der Waals surface area contributed by atoms with Crippen LogP contribution in [0.5, 0.6) is 0 Å². The van der Waals surface area contributed by atoms with Crippen LogP contribution in [0.15, 0.2) is 5.80 Å². The van der Waals surface area contributed by atoms with Gasteiger partial charge < -0.3 is 0 Å². The van der Waals surface area contributed by atoms with E-state index in [0.717, 1.165) is 8.19 Å². The van der Waals surface area contributed by atoms with Crippen LogP contribution in [0.2, 0.25) is 0 Å². The van der Waals surface area contributed by atoms with E-state index in [1.807, 2.05) is 0 Å². The predicted octanol–water partition coefficient (Wildman–Crippen LogP) is 2.13. The maximum absolute atomic E-state index is 3.21. The fraction of sp³-hybridized carbons (Fsp3) is 0.333. The molecule has 0 aliphatic rings. The third-order valence-corrected chi connectivity index (χ3v) is 2.03. The molecule has 1 aromatic rings. The molecule has 1 atom stereocenters. The van der Waals surface area contributed by atoms with Crippen LogP contribution < -0.4 is 0 Å². The van der Waals surface area contributed by atoms with Gasteiger partial charge in [0.2, 0.25) is 0 Å². The van der Waals surface area contributed by atoms with Gasteiger partial charge in [0.15, 0.2) is 0 Å². The van der Waals surface area contributed by atoms with Gasteiger partial charge in [0, 0.05) is 26.2 Å². The van der Waals surface area contributed by atoms with Gasteiger partial charge >= 0.3 is 0 Å². The molecule has 42 valence electrons. The van der Waals surface area contributed by atoms with Gasteiger partial charge in [-0.25, -0.2) is 19.8 Å². The molecule has 2 heteroatoms. The minimum absolute atomic E-state index is 0. The maximum atomic E-state index is 3.21. The zero-order valence-electron chi connectivity index (χ0n) is 5.08. The van der Waals surface area contributed by atoms with Gasteiger partial charge in [0.25, 0.3) is 0 Å². The molecule has 0 radical (unpaired) electrons. The van der Waals surface area contributed by atoms with Crippen LogP contribution in [0, 0.1) is 19.9 Å². The van der Waals surface area contributed by atoms with Crippen molar-refractivity contribution in [2.75, 3.05) is 0 Å². The van der Waals surface area contributed by atoms with Crippen molar-refractivity contribution >= 4 is 8.19 Å². The van der Waals surface area contributed by atoms with Gasteiger partial charge in [-0.15, -0.1) is 5.30 Å². The SMILES string of the molecule is Cc1[c-]c(C)[pH]c1.[Zr]. The molecule has 8 heavy (non-hydrogen) atoms. The first-order chi connectivity index (χ1) is 3.29. The summed E-state index contributed by atoms with van der Waals surface area (Å²) in [6.07, 6.45) is 0. The maximum Gasteiger partial charge on any atom is 0 e. The number of rotatable bonds is 0. The molecule has 0 saturated heterocycles. The smallest absolute Gasteiger partial charge is 0 e. The van der Waals surface area contributed by atoms with E-state index in [-0.39, 0.29) is 26.2 Å². The molecule has 1 unspecified atom stereocenters. The normalized spacial score (nSPS) is 9.25. The topological polar surface area (TPSA) is 0 Å². The van der Waals surface area contributed by atoms with E-state index in [2.05, 4.69) is 25.7 Å². The van der Waals surface area contributed by atoms with Crippen LogP contribution >= 0.6 is 8.19 Å². The largest absolute Gasteiger partial charge is 0.242 e. The van der Waals surface area contributed by atoms with E-state index in [9.17, 15) is 0 Å². The van der Waals surface area contributed by atoms with Crippen molar-refractivity contribution < 1.29 is 26.2 Å². The van der Waals surface area contributed by atoms with Crippen LogP contribution in [0.3, 0.4) is 0 Å². The minimum atomic E-state index is 0. The van der Waals surface area contributed by atoms with Crippen LogP contribution in [0.4, 0.5) is 0 Å². The van der Waals surface area contributed by atoms with Gasteiger partial charge in [-0.05, 0) is 0 Å². The summed E-state index contributed by atoms with van der Waals surface area (Å²) in [6.45, 7) is 4.20. The first-order valence-electron chi connectivity index (χ1n) is 2.33. The monoisotopic (exact) mass is 201 g/mol. The molecule has 1 rings (SSSR count). The molecular formula is C6H8PZr-. The van der Waals surface area contributed by atoms with Crippen molar-refractivity contribution in [2.24, 2.45) is 0 Å². The first-order valence-corrected chi connectivity index (χ1v) is 3.40. The molecule has 0 aliphatic heterocycles. The Labute approximate surface area is 70.9 Å². The van der Waals surface area contributed by atoms with Crippen molar-refractivity contribution in [3.8, 4) is 0 Å². The molecule has 1 heterocycles. The Morgan fingerprint density at radius 1 is 1.50 bits per heavy atom.